The van der Waals surface area contributed by atoms with E-state index in [1.807, 2.05) is 19.1 Å². The SMILES string of the molecule is Cc1cc(=O)oc2cc(N(C)CC3CC3)ccc12. The van der Waals surface area contributed by atoms with Crippen molar-refractivity contribution in [2.24, 2.45) is 5.92 Å². The van der Waals surface area contributed by atoms with Crippen molar-refractivity contribution < 1.29 is 4.42 Å². The summed E-state index contributed by atoms with van der Waals surface area (Å²) in [6, 6.07) is 7.63. The first-order valence-electron chi connectivity index (χ1n) is 6.39. The molecule has 0 N–H and O–H groups in total. The van der Waals surface area contributed by atoms with Crippen LogP contribution in [0.3, 0.4) is 0 Å². The second-order valence-corrected chi connectivity index (χ2v) is 5.25. The van der Waals surface area contributed by atoms with Crippen LogP contribution in [0.2, 0.25) is 0 Å². The summed E-state index contributed by atoms with van der Waals surface area (Å²) in [5.74, 6) is 0.843. The van der Waals surface area contributed by atoms with Crippen LogP contribution in [0.4, 0.5) is 5.69 Å². The molecule has 1 fully saturated rings. The van der Waals surface area contributed by atoms with Gasteiger partial charge >= 0.3 is 5.63 Å². The highest BCUT2D eigenvalue weighted by molar-refractivity contribution is 5.83. The molecule has 1 aromatic carbocycles. The van der Waals surface area contributed by atoms with Gasteiger partial charge in [0.25, 0.3) is 0 Å². The van der Waals surface area contributed by atoms with Crippen molar-refractivity contribution in [1.82, 2.24) is 0 Å². The Morgan fingerprint density at radius 2 is 2.11 bits per heavy atom. The molecule has 3 heteroatoms. The Morgan fingerprint density at radius 1 is 1.33 bits per heavy atom. The van der Waals surface area contributed by atoms with Crippen molar-refractivity contribution in [2.75, 3.05) is 18.5 Å². The van der Waals surface area contributed by atoms with Gasteiger partial charge in [-0.1, -0.05) is 0 Å². The fraction of sp³-hybridized carbons (Fsp3) is 0.400. The van der Waals surface area contributed by atoms with Gasteiger partial charge in [-0.25, -0.2) is 4.79 Å². The van der Waals surface area contributed by atoms with Crippen LogP contribution in [0.15, 0.2) is 33.5 Å². The molecule has 0 radical (unpaired) electrons. The maximum Gasteiger partial charge on any atom is 0.336 e. The van der Waals surface area contributed by atoms with Gasteiger partial charge in [0.2, 0.25) is 0 Å². The van der Waals surface area contributed by atoms with E-state index in [4.69, 9.17) is 4.42 Å². The Kier molecular flexibility index (Phi) is 2.62. The molecule has 0 amide bonds. The second-order valence-electron chi connectivity index (χ2n) is 5.25. The highest BCUT2D eigenvalue weighted by Gasteiger charge is 2.23. The van der Waals surface area contributed by atoms with Gasteiger partial charge in [0.1, 0.15) is 5.58 Å². The maximum absolute atomic E-state index is 11.4. The molecule has 1 saturated carbocycles. The first-order chi connectivity index (χ1) is 8.63. The summed E-state index contributed by atoms with van der Waals surface area (Å²) in [6.45, 7) is 3.02. The minimum atomic E-state index is -0.276. The van der Waals surface area contributed by atoms with Crippen LogP contribution in [-0.4, -0.2) is 13.6 Å². The molecule has 3 nitrogen and oxygen atoms in total. The van der Waals surface area contributed by atoms with Crippen molar-refractivity contribution in [3.8, 4) is 0 Å². The van der Waals surface area contributed by atoms with Gasteiger partial charge in [-0.05, 0) is 43.4 Å². The maximum atomic E-state index is 11.4. The zero-order chi connectivity index (χ0) is 12.7. The fourth-order valence-corrected chi connectivity index (χ4v) is 2.34. The van der Waals surface area contributed by atoms with E-state index in [0.29, 0.717) is 5.58 Å². The van der Waals surface area contributed by atoms with Crippen molar-refractivity contribution in [1.29, 1.82) is 0 Å². The molecular formula is C15H17NO2. The molecule has 1 heterocycles. The standard InChI is InChI=1S/C15H17NO2/c1-10-7-15(17)18-14-8-12(5-6-13(10)14)16(2)9-11-3-4-11/h5-8,11H,3-4,9H2,1-2H3. The van der Waals surface area contributed by atoms with Gasteiger partial charge in [0.05, 0.1) is 0 Å². The smallest absolute Gasteiger partial charge is 0.336 e. The molecule has 94 valence electrons. The van der Waals surface area contributed by atoms with E-state index in [-0.39, 0.29) is 5.63 Å². The first-order valence-corrected chi connectivity index (χ1v) is 6.39. The van der Waals surface area contributed by atoms with Crippen LogP contribution in [0.1, 0.15) is 18.4 Å². The lowest BCUT2D eigenvalue weighted by atomic mass is 10.1. The van der Waals surface area contributed by atoms with Crippen LogP contribution < -0.4 is 10.5 Å². The van der Waals surface area contributed by atoms with Crippen LogP contribution in [0.25, 0.3) is 11.0 Å². The molecule has 1 aliphatic carbocycles. The molecular weight excluding hydrogens is 226 g/mol. The normalized spacial score (nSPS) is 15.0. The second kappa shape index (κ2) is 4.16. The summed E-state index contributed by atoms with van der Waals surface area (Å²) in [5.41, 5.74) is 2.49. The Hall–Kier alpha value is -1.77. The highest BCUT2D eigenvalue weighted by atomic mass is 16.4. The minimum absolute atomic E-state index is 0.276. The van der Waals surface area contributed by atoms with Gasteiger partial charge in [0, 0.05) is 36.8 Å². The number of hydrogen-bond acceptors (Lipinski definition) is 3. The van der Waals surface area contributed by atoms with E-state index >= 15 is 0 Å². The third kappa shape index (κ3) is 2.13. The zero-order valence-electron chi connectivity index (χ0n) is 10.8. The molecule has 0 aliphatic heterocycles. The average Bonchev–Trinajstić information content (AvgIpc) is 3.11. The number of fused-ring (bicyclic) bond motifs is 1. The molecule has 0 bridgehead atoms. The summed E-state index contributed by atoms with van der Waals surface area (Å²) >= 11 is 0. The summed E-state index contributed by atoms with van der Waals surface area (Å²) in [6.07, 6.45) is 2.68. The lowest BCUT2D eigenvalue weighted by Crippen LogP contribution is -2.19. The van der Waals surface area contributed by atoms with Crippen molar-refractivity contribution >= 4 is 16.7 Å². The number of benzene rings is 1. The van der Waals surface area contributed by atoms with E-state index in [0.717, 1.165) is 29.1 Å². The fourth-order valence-electron chi connectivity index (χ4n) is 2.34. The summed E-state index contributed by atoms with van der Waals surface area (Å²) in [5, 5.41) is 1.01. The van der Waals surface area contributed by atoms with Crippen molar-refractivity contribution in [3.63, 3.8) is 0 Å². The third-order valence-electron chi connectivity index (χ3n) is 3.60. The predicted molar refractivity (Wildman–Crippen MR) is 73.2 cm³/mol. The van der Waals surface area contributed by atoms with Crippen molar-refractivity contribution in [2.45, 2.75) is 19.8 Å². The lowest BCUT2D eigenvalue weighted by Gasteiger charge is -2.19. The first kappa shape index (κ1) is 11.3. The number of anilines is 1. The Bertz CT molecular complexity index is 640. The summed E-state index contributed by atoms with van der Waals surface area (Å²) < 4.78 is 5.27. The highest BCUT2D eigenvalue weighted by Crippen LogP contribution is 2.31. The predicted octanol–water partition coefficient (Wildman–Crippen LogP) is 2.95. The van der Waals surface area contributed by atoms with Gasteiger partial charge in [-0.2, -0.15) is 0 Å². The van der Waals surface area contributed by atoms with Gasteiger partial charge in [-0.3, -0.25) is 0 Å². The molecule has 0 spiro atoms. The Labute approximate surface area is 106 Å². The van der Waals surface area contributed by atoms with E-state index in [1.54, 1.807) is 0 Å². The van der Waals surface area contributed by atoms with Gasteiger partial charge in [0.15, 0.2) is 0 Å². The monoisotopic (exact) mass is 243 g/mol. The third-order valence-corrected chi connectivity index (χ3v) is 3.60. The summed E-state index contributed by atoms with van der Waals surface area (Å²) in [7, 11) is 2.09. The van der Waals surface area contributed by atoms with E-state index in [1.165, 1.54) is 18.9 Å². The lowest BCUT2D eigenvalue weighted by molar-refractivity contribution is 0.559. The van der Waals surface area contributed by atoms with E-state index in [2.05, 4.69) is 18.0 Å². The number of aryl methyl sites for hydroxylation is 1. The molecule has 18 heavy (non-hydrogen) atoms. The van der Waals surface area contributed by atoms with Crippen molar-refractivity contribution in [3.05, 3.63) is 40.2 Å². The average molecular weight is 243 g/mol. The Morgan fingerprint density at radius 3 is 2.83 bits per heavy atom. The van der Waals surface area contributed by atoms with Crippen LogP contribution in [0, 0.1) is 12.8 Å². The largest absolute Gasteiger partial charge is 0.423 e. The zero-order valence-corrected chi connectivity index (χ0v) is 10.8. The van der Waals surface area contributed by atoms with E-state index < -0.39 is 0 Å². The molecule has 2 aromatic rings. The summed E-state index contributed by atoms with van der Waals surface area (Å²) in [4.78, 5) is 13.6. The van der Waals surface area contributed by atoms with E-state index in [9.17, 15) is 4.79 Å². The molecule has 1 aromatic heterocycles. The number of rotatable bonds is 3. The van der Waals surface area contributed by atoms with Crippen LogP contribution in [0.5, 0.6) is 0 Å². The number of hydrogen-bond donors (Lipinski definition) is 0. The minimum Gasteiger partial charge on any atom is -0.423 e. The quantitative estimate of drug-likeness (QED) is 0.777. The topological polar surface area (TPSA) is 33.5 Å². The van der Waals surface area contributed by atoms with Gasteiger partial charge in [-0.15, -0.1) is 0 Å². The molecule has 0 saturated heterocycles. The van der Waals surface area contributed by atoms with Crippen LogP contribution in [-0.2, 0) is 0 Å². The molecule has 3 rings (SSSR count). The number of nitrogens with zero attached hydrogens (tertiary/aromatic N) is 1. The molecule has 0 atom stereocenters. The Balaban J connectivity index is 2.01. The molecule has 1 aliphatic rings. The molecule has 0 unspecified atom stereocenters. The van der Waals surface area contributed by atoms with Gasteiger partial charge < -0.3 is 9.32 Å². The van der Waals surface area contributed by atoms with Crippen LogP contribution >= 0.6 is 0 Å².